The van der Waals surface area contributed by atoms with Gasteiger partial charge in [-0.05, 0) is 11.8 Å². The molecule has 0 bridgehead atoms. The summed E-state index contributed by atoms with van der Waals surface area (Å²) < 4.78 is 0. The average molecular weight is 323 g/mol. The van der Waals surface area contributed by atoms with E-state index in [-0.39, 0.29) is 9.45 Å². The zero-order valence-corrected chi connectivity index (χ0v) is 17.4. The summed E-state index contributed by atoms with van der Waals surface area (Å²) in [5, 5.41) is 0. The lowest BCUT2D eigenvalue weighted by molar-refractivity contribution is 0.712. The van der Waals surface area contributed by atoms with Crippen molar-refractivity contribution in [2.75, 3.05) is 11.5 Å². The first-order valence-electron chi connectivity index (χ1n) is 7.24. The van der Waals surface area contributed by atoms with Crippen LogP contribution in [0.5, 0.6) is 0 Å². The average Bonchev–Trinajstić information content (AvgIpc) is 1.92. The molecule has 2 unspecified atom stereocenters. The fourth-order valence-electron chi connectivity index (χ4n) is 2.91. The molecule has 0 fully saturated rings. The Bertz CT molecular complexity index is 238. The summed E-state index contributed by atoms with van der Waals surface area (Å²) in [6, 6.07) is 2.88. The molecule has 0 nitrogen and oxygen atoms in total. The van der Waals surface area contributed by atoms with Gasteiger partial charge in [-0.15, -0.1) is 9.45 Å². The Hall–Kier alpha value is 1.00. The van der Waals surface area contributed by atoms with Crippen molar-refractivity contribution in [1.29, 1.82) is 0 Å². The van der Waals surface area contributed by atoms with Crippen LogP contribution in [0.15, 0.2) is 0 Å². The first kappa shape index (κ1) is 19.0. The molecule has 0 aromatic heterocycles. The van der Waals surface area contributed by atoms with E-state index in [1.807, 2.05) is 0 Å². The molecule has 0 rings (SSSR count). The summed E-state index contributed by atoms with van der Waals surface area (Å²) in [5.41, 5.74) is 0. The van der Waals surface area contributed by atoms with Crippen molar-refractivity contribution in [3.63, 3.8) is 0 Å². The second-order valence-electron chi connectivity index (χ2n) is 8.51. The lowest BCUT2D eigenvalue weighted by Gasteiger charge is -2.24. The van der Waals surface area contributed by atoms with Gasteiger partial charge in [-0.25, -0.2) is 0 Å². The topological polar surface area (TPSA) is 0 Å². The molecule has 0 saturated carbocycles. The summed E-state index contributed by atoms with van der Waals surface area (Å²) in [4.78, 5) is 0. The molecule has 0 saturated heterocycles. The Morgan fingerprint density at radius 1 is 0.778 bits per heavy atom. The van der Waals surface area contributed by atoms with Gasteiger partial charge in [0.15, 0.2) is 0 Å². The van der Waals surface area contributed by atoms with Gasteiger partial charge in [-0.1, -0.05) is 76.4 Å². The van der Waals surface area contributed by atoms with Gasteiger partial charge in [0.2, 0.25) is 0 Å². The van der Waals surface area contributed by atoms with E-state index in [1.54, 1.807) is 0 Å². The molecular weight excluding hydrogens is 288 g/mol. The second-order valence-corrected chi connectivity index (χ2v) is 22.5. The van der Waals surface area contributed by atoms with E-state index in [1.165, 1.54) is 23.6 Å². The van der Waals surface area contributed by atoms with Gasteiger partial charge in [0, 0.05) is 27.7 Å². The number of hydrogen-bond donors (Lipinski definition) is 0. The van der Waals surface area contributed by atoms with Gasteiger partial charge >= 0.3 is 0 Å². The van der Waals surface area contributed by atoms with Crippen LogP contribution in [0.3, 0.4) is 0 Å². The van der Waals surface area contributed by atoms with Crippen LogP contribution in [0.4, 0.5) is 0 Å². The van der Waals surface area contributed by atoms with Crippen molar-refractivity contribution in [2.45, 2.75) is 65.2 Å². The maximum absolute atomic E-state index is 5.73. The molecular formula is C14H34S2Si2. The molecule has 0 N–H and O–H groups in total. The minimum Gasteiger partial charge on any atom is -0.121 e. The molecule has 18 heavy (non-hydrogen) atoms. The predicted octanol–water partition coefficient (Wildman–Crippen LogP) is 5.02. The molecule has 2 atom stereocenters. The van der Waals surface area contributed by atoms with E-state index < -0.39 is 16.1 Å². The minimum absolute atomic E-state index is 0.228. The third-order valence-corrected chi connectivity index (χ3v) is 9.40. The zero-order chi connectivity index (χ0) is 14.6. The molecule has 0 amide bonds. The molecule has 0 heterocycles. The van der Waals surface area contributed by atoms with Crippen molar-refractivity contribution in [1.82, 2.24) is 0 Å². The summed E-state index contributed by atoms with van der Waals surface area (Å²) in [6.45, 7) is 19.6. The van der Waals surface area contributed by atoms with E-state index in [9.17, 15) is 0 Å². The smallest absolute Gasteiger partial charge is 0.0445 e. The standard InChI is InChI=1S/C14H34S2Si2/c1-13(11-17(3,4)5)9-16(15)10-14(2)12-18(6,7)8/h13-14H,9-12H2,1-8H3. The highest BCUT2D eigenvalue weighted by molar-refractivity contribution is 8.28. The summed E-state index contributed by atoms with van der Waals surface area (Å²) >= 11 is 5.73. The van der Waals surface area contributed by atoms with E-state index in [4.69, 9.17) is 11.2 Å². The highest BCUT2D eigenvalue weighted by atomic mass is 32.8. The van der Waals surface area contributed by atoms with E-state index in [0.717, 1.165) is 11.8 Å². The fraction of sp³-hybridized carbons (Fsp3) is 1.00. The molecule has 4 heteroatoms. The molecule has 0 aromatic carbocycles. The molecule has 0 aliphatic rings. The van der Waals surface area contributed by atoms with Crippen LogP contribution in [0.2, 0.25) is 51.4 Å². The third-order valence-electron chi connectivity index (χ3n) is 2.86. The van der Waals surface area contributed by atoms with Crippen LogP contribution in [0.25, 0.3) is 0 Å². The Morgan fingerprint density at radius 3 is 1.28 bits per heavy atom. The van der Waals surface area contributed by atoms with Crippen molar-refractivity contribution in [3.8, 4) is 0 Å². The van der Waals surface area contributed by atoms with E-state index in [0.29, 0.717) is 0 Å². The van der Waals surface area contributed by atoms with E-state index >= 15 is 0 Å². The molecule has 0 radical (unpaired) electrons. The molecule has 110 valence electrons. The maximum atomic E-state index is 5.73. The van der Waals surface area contributed by atoms with Gasteiger partial charge in [0.1, 0.15) is 0 Å². The van der Waals surface area contributed by atoms with Crippen LogP contribution in [-0.4, -0.2) is 27.7 Å². The summed E-state index contributed by atoms with van der Waals surface area (Å²) in [5.74, 6) is 4.26. The Labute approximate surface area is 125 Å². The molecule has 0 spiro atoms. The second kappa shape index (κ2) is 7.70. The molecule has 0 aliphatic heterocycles. The maximum Gasteiger partial charge on any atom is 0.0445 e. The van der Waals surface area contributed by atoms with Crippen LogP contribution >= 0.6 is 0 Å². The van der Waals surface area contributed by atoms with Crippen molar-refractivity contribution < 1.29 is 0 Å². The van der Waals surface area contributed by atoms with Crippen LogP contribution in [0.1, 0.15) is 13.8 Å². The first-order valence-corrected chi connectivity index (χ1v) is 17.1. The number of rotatable bonds is 8. The summed E-state index contributed by atoms with van der Waals surface area (Å²) in [6.07, 6.45) is 0. The minimum atomic E-state index is -0.900. The third kappa shape index (κ3) is 12.1. The largest absolute Gasteiger partial charge is 0.121 e. The Balaban J connectivity index is 4.04. The highest BCUT2D eigenvalue weighted by Crippen LogP contribution is 2.20. The predicted molar refractivity (Wildman–Crippen MR) is 99.1 cm³/mol. The monoisotopic (exact) mass is 322 g/mol. The number of hydrogen-bond acceptors (Lipinski definition) is 1. The van der Waals surface area contributed by atoms with Crippen LogP contribution in [-0.2, 0) is 20.6 Å². The molecule has 0 aromatic rings. The quantitative estimate of drug-likeness (QED) is 0.566. The van der Waals surface area contributed by atoms with Gasteiger partial charge in [0.05, 0.1) is 0 Å². The van der Waals surface area contributed by atoms with Crippen LogP contribution < -0.4 is 0 Å². The van der Waals surface area contributed by atoms with Gasteiger partial charge < -0.3 is 0 Å². The first-order chi connectivity index (χ1) is 7.89. The van der Waals surface area contributed by atoms with Crippen LogP contribution in [0, 0.1) is 11.8 Å². The van der Waals surface area contributed by atoms with Gasteiger partial charge in [-0.3, -0.25) is 0 Å². The Morgan fingerprint density at radius 2 is 1.06 bits per heavy atom. The Kier molecular flexibility index (Phi) is 8.13. The lowest BCUT2D eigenvalue weighted by Crippen LogP contribution is -2.28. The normalized spacial score (nSPS) is 18.4. The van der Waals surface area contributed by atoms with E-state index in [2.05, 4.69) is 53.1 Å². The van der Waals surface area contributed by atoms with Gasteiger partial charge in [0.25, 0.3) is 0 Å². The van der Waals surface area contributed by atoms with Crippen molar-refractivity contribution in [3.05, 3.63) is 0 Å². The van der Waals surface area contributed by atoms with Gasteiger partial charge in [-0.2, -0.15) is 0 Å². The zero-order valence-electron chi connectivity index (χ0n) is 13.8. The fourth-order valence-corrected chi connectivity index (χ4v) is 10.8. The summed E-state index contributed by atoms with van der Waals surface area (Å²) in [7, 11) is -1.57. The lowest BCUT2D eigenvalue weighted by atomic mass is 10.3. The highest BCUT2D eigenvalue weighted by Gasteiger charge is 2.20. The van der Waals surface area contributed by atoms with Crippen molar-refractivity contribution >= 4 is 36.8 Å². The van der Waals surface area contributed by atoms with Crippen molar-refractivity contribution in [2.24, 2.45) is 11.8 Å². The SMILES string of the molecule is CC(CS(=S)CC(C)C[Si](C)(C)C)C[Si](C)(C)C. The molecule has 0 aliphatic carbocycles.